The first-order valence-corrected chi connectivity index (χ1v) is 13.4. The molecule has 0 radical (unpaired) electrons. The van der Waals surface area contributed by atoms with Gasteiger partial charge in [0.15, 0.2) is 0 Å². The van der Waals surface area contributed by atoms with E-state index in [0.717, 1.165) is 39.9 Å². The quantitative estimate of drug-likeness (QED) is 0.191. The minimum Gasteiger partial charge on any atom is -0.489 e. The van der Waals surface area contributed by atoms with E-state index < -0.39 is 0 Å². The Morgan fingerprint density at radius 1 is 0.846 bits per heavy atom. The summed E-state index contributed by atoms with van der Waals surface area (Å²) in [6.07, 6.45) is 2.54. The molecule has 198 valence electrons. The summed E-state index contributed by atoms with van der Waals surface area (Å²) in [7, 11) is 1.64. The van der Waals surface area contributed by atoms with Gasteiger partial charge in [-0.3, -0.25) is 4.79 Å². The Bertz CT molecular complexity index is 1500. The van der Waals surface area contributed by atoms with Crippen LogP contribution in [0.5, 0.6) is 5.75 Å². The van der Waals surface area contributed by atoms with E-state index in [0.29, 0.717) is 26.2 Å². The molecule has 0 spiro atoms. The molecule has 5 aromatic rings. The van der Waals surface area contributed by atoms with Gasteiger partial charge in [0.2, 0.25) is 5.91 Å². The van der Waals surface area contributed by atoms with Gasteiger partial charge in [-0.2, -0.15) is 0 Å². The predicted molar refractivity (Wildman–Crippen MR) is 156 cm³/mol. The summed E-state index contributed by atoms with van der Waals surface area (Å²) in [4.78, 5) is 13.1. The van der Waals surface area contributed by atoms with Crippen molar-refractivity contribution in [2.75, 3.05) is 20.3 Å². The number of para-hydroxylation sites is 1. The van der Waals surface area contributed by atoms with E-state index in [1.54, 1.807) is 7.11 Å². The van der Waals surface area contributed by atoms with Crippen molar-refractivity contribution >= 4 is 16.8 Å². The lowest BCUT2D eigenvalue weighted by Crippen LogP contribution is -2.28. The van der Waals surface area contributed by atoms with Gasteiger partial charge in [-0.05, 0) is 40.5 Å². The molecule has 1 amide bonds. The molecule has 5 rings (SSSR count). The second kappa shape index (κ2) is 12.9. The van der Waals surface area contributed by atoms with E-state index in [-0.39, 0.29) is 11.8 Å². The van der Waals surface area contributed by atoms with Gasteiger partial charge in [0.25, 0.3) is 0 Å². The van der Waals surface area contributed by atoms with E-state index in [1.807, 2.05) is 36.4 Å². The minimum atomic E-state index is -0.144. The van der Waals surface area contributed by atoms with Crippen molar-refractivity contribution in [3.8, 4) is 5.75 Å². The van der Waals surface area contributed by atoms with E-state index in [4.69, 9.17) is 9.47 Å². The molecule has 0 aliphatic heterocycles. The number of nitrogens with one attached hydrogen (secondary N) is 1. The molecule has 0 fully saturated rings. The number of aromatic nitrogens is 1. The second-order valence-electron chi connectivity index (χ2n) is 9.66. The molecule has 0 bridgehead atoms. The highest BCUT2D eigenvalue weighted by Crippen LogP contribution is 2.36. The van der Waals surface area contributed by atoms with Crippen LogP contribution in [0.3, 0.4) is 0 Å². The first-order chi connectivity index (χ1) is 19.2. The van der Waals surface area contributed by atoms with Gasteiger partial charge in [-0.1, -0.05) is 91.0 Å². The summed E-state index contributed by atoms with van der Waals surface area (Å²) in [5, 5.41) is 4.16. The summed E-state index contributed by atoms with van der Waals surface area (Å²) >= 11 is 0. The van der Waals surface area contributed by atoms with Crippen LogP contribution in [0, 0.1) is 0 Å². The van der Waals surface area contributed by atoms with E-state index in [9.17, 15) is 4.79 Å². The highest BCUT2D eigenvalue weighted by molar-refractivity contribution is 5.87. The third-order valence-corrected chi connectivity index (χ3v) is 6.92. The van der Waals surface area contributed by atoms with Crippen LogP contribution in [0.25, 0.3) is 10.9 Å². The predicted octanol–water partition coefficient (Wildman–Crippen LogP) is 6.55. The number of carbonyl (C=O) groups is 1. The van der Waals surface area contributed by atoms with E-state index in [1.165, 1.54) is 5.56 Å². The number of amides is 1. The number of benzene rings is 4. The Labute approximate surface area is 230 Å². The van der Waals surface area contributed by atoms with Gasteiger partial charge in [-0.25, -0.2) is 0 Å². The minimum absolute atomic E-state index is 0.00690. The van der Waals surface area contributed by atoms with Crippen molar-refractivity contribution in [3.05, 3.63) is 138 Å². The second-order valence-corrected chi connectivity index (χ2v) is 9.66. The van der Waals surface area contributed by atoms with Crippen LogP contribution >= 0.6 is 0 Å². The molecule has 1 atom stereocenters. The molecule has 0 saturated heterocycles. The molecule has 5 nitrogen and oxygen atoms in total. The van der Waals surface area contributed by atoms with Crippen LogP contribution in [0.1, 0.15) is 34.6 Å². The first-order valence-electron chi connectivity index (χ1n) is 13.4. The van der Waals surface area contributed by atoms with E-state index in [2.05, 4.69) is 88.9 Å². The number of ether oxygens (including phenoxy) is 2. The molecule has 0 aliphatic carbocycles. The molecular formula is C34H34N2O3. The Kier molecular flexibility index (Phi) is 8.71. The lowest BCUT2D eigenvalue weighted by Gasteiger charge is -2.18. The zero-order chi connectivity index (χ0) is 26.9. The molecular weight excluding hydrogens is 484 g/mol. The SMILES string of the molecule is COCCNC(=O)C[C@H](c1cccc(OCc2ccccc2)c1)c1cn(Cc2ccccc2)c2ccccc12. The Morgan fingerprint density at radius 3 is 2.33 bits per heavy atom. The zero-order valence-corrected chi connectivity index (χ0v) is 22.3. The number of carbonyl (C=O) groups excluding carboxylic acids is 1. The van der Waals surface area contributed by atoms with Gasteiger partial charge in [0.05, 0.1) is 6.61 Å². The lowest BCUT2D eigenvalue weighted by molar-refractivity contribution is -0.121. The zero-order valence-electron chi connectivity index (χ0n) is 22.3. The van der Waals surface area contributed by atoms with Crippen LogP contribution in [0.15, 0.2) is 115 Å². The molecule has 0 aliphatic rings. The Balaban J connectivity index is 1.49. The van der Waals surface area contributed by atoms with Crippen molar-refractivity contribution in [2.45, 2.75) is 25.5 Å². The largest absolute Gasteiger partial charge is 0.489 e. The van der Waals surface area contributed by atoms with Gasteiger partial charge >= 0.3 is 0 Å². The standard InChI is InChI=1S/C34H34N2O3/c1-38-20-19-35-34(37)22-31(28-15-10-16-29(21-28)39-25-27-13-6-3-7-14-27)32-24-36(23-26-11-4-2-5-12-26)33-18-9-8-17-30(32)33/h2-18,21,24,31H,19-20,22-23,25H2,1H3,(H,35,37)/t31-/m1/s1. The average molecular weight is 519 g/mol. The lowest BCUT2D eigenvalue weighted by atomic mass is 9.88. The van der Waals surface area contributed by atoms with Crippen molar-refractivity contribution in [3.63, 3.8) is 0 Å². The molecule has 1 N–H and O–H groups in total. The number of hydrogen-bond donors (Lipinski definition) is 1. The molecule has 5 heteroatoms. The summed E-state index contributed by atoms with van der Waals surface area (Å²) in [5.41, 5.74) is 5.67. The Morgan fingerprint density at radius 2 is 1.56 bits per heavy atom. The summed E-state index contributed by atoms with van der Waals surface area (Å²) in [6.45, 7) is 2.21. The first kappa shape index (κ1) is 26.3. The van der Waals surface area contributed by atoms with Crippen LogP contribution < -0.4 is 10.1 Å². The van der Waals surface area contributed by atoms with Crippen LogP contribution in [-0.4, -0.2) is 30.7 Å². The molecule has 39 heavy (non-hydrogen) atoms. The van der Waals surface area contributed by atoms with Crippen molar-refractivity contribution in [1.82, 2.24) is 9.88 Å². The van der Waals surface area contributed by atoms with Gasteiger partial charge in [0.1, 0.15) is 12.4 Å². The van der Waals surface area contributed by atoms with E-state index >= 15 is 0 Å². The number of rotatable bonds is 12. The van der Waals surface area contributed by atoms with Crippen LogP contribution in [0.2, 0.25) is 0 Å². The third-order valence-electron chi connectivity index (χ3n) is 6.92. The molecule has 0 unspecified atom stereocenters. The average Bonchev–Trinajstić information content (AvgIpc) is 3.34. The van der Waals surface area contributed by atoms with Crippen molar-refractivity contribution < 1.29 is 14.3 Å². The van der Waals surface area contributed by atoms with Gasteiger partial charge in [-0.15, -0.1) is 0 Å². The monoisotopic (exact) mass is 518 g/mol. The van der Waals surface area contributed by atoms with Gasteiger partial charge in [0, 0.05) is 49.6 Å². The maximum Gasteiger partial charge on any atom is 0.221 e. The fraction of sp³-hybridized carbons (Fsp3) is 0.206. The highest BCUT2D eigenvalue weighted by atomic mass is 16.5. The third kappa shape index (κ3) is 6.75. The number of methoxy groups -OCH3 is 1. The highest BCUT2D eigenvalue weighted by Gasteiger charge is 2.23. The topological polar surface area (TPSA) is 52.5 Å². The normalized spacial score (nSPS) is 11.8. The summed E-state index contributed by atoms with van der Waals surface area (Å²) in [6, 6.07) is 37.2. The van der Waals surface area contributed by atoms with Crippen LogP contribution in [-0.2, 0) is 22.7 Å². The van der Waals surface area contributed by atoms with Crippen molar-refractivity contribution in [2.24, 2.45) is 0 Å². The fourth-order valence-electron chi connectivity index (χ4n) is 4.98. The number of fused-ring (bicyclic) bond motifs is 1. The number of nitrogens with zero attached hydrogens (tertiary/aromatic N) is 1. The smallest absolute Gasteiger partial charge is 0.221 e. The van der Waals surface area contributed by atoms with Crippen LogP contribution in [0.4, 0.5) is 0 Å². The fourth-order valence-corrected chi connectivity index (χ4v) is 4.98. The summed E-state index contributed by atoms with van der Waals surface area (Å²) in [5.74, 6) is 0.636. The number of hydrogen-bond acceptors (Lipinski definition) is 3. The Hall–Kier alpha value is -4.35. The molecule has 0 saturated carbocycles. The molecule has 1 aromatic heterocycles. The maximum atomic E-state index is 13.1. The van der Waals surface area contributed by atoms with Gasteiger partial charge < -0.3 is 19.4 Å². The molecule has 1 heterocycles. The van der Waals surface area contributed by atoms with Crippen molar-refractivity contribution in [1.29, 1.82) is 0 Å². The molecule has 4 aromatic carbocycles. The summed E-state index contributed by atoms with van der Waals surface area (Å²) < 4.78 is 13.6. The maximum absolute atomic E-state index is 13.1.